The van der Waals surface area contributed by atoms with Crippen LogP contribution in [0, 0.1) is 0 Å². The second-order valence-electron chi connectivity index (χ2n) is 4.63. The van der Waals surface area contributed by atoms with Gasteiger partial charge in [0.1, 0.15) is 0 Å². The first-order chi connectivity index (χ1) is 10.1. The van der Waals surface area contributed by atoms with Crippen LogP contribution >= 0.6 is 46.1 Å². The minimum absolute atomic E-state index is 0.467. The number of rotatable bonds is 2. The number of fused-ring (bicyclic) bond motifs is 1. The summed E-state index contributed by atoms with van der Waals surface area (Å²) in [7, 11) is 0. The molecule has 1 atom stereocenters. The van der Waals surface area contributed by atoms with Gasteiger partial charge in [-0.15, -0.1) is 11.3 Å². The second kappa shape index (κ2) is 6.23. The summed E-state index contributed by atoms with van der Waals surface area (Å²) >= 11 is 19.8. The molecule has 3 nitrogen and oxygen atoms in total. The van der Waals surface area contributed by atoms with Gasteiger partial charge in [-0.25, -0.2) is 0 Å². The molecule has 0 amide bonds. The molecule has 0 radical (unpaired) electrons. The maximum absolute atomic E-state index is 6.33. The molecule has 0 saturated carbocycles. The van der Waals surface area contributed by atoms with Crippen LogP contribution in [0.3, 0.4) is 0 Å². The summed E-state index contributed by atoms with van der Waals surface area (Å²) in [4.78, 5) is 0. The normalized spacial score (nSPS) is 15.6. The lowest BCUT2D eigenvalue weighted by Crippen LogP contribution is -2.12. The molecule has 0 aliphatic carbocycles. The summed E-state index contributed by atoms with van der Waals surface area (Å²) < 4.78 is 12.4. The van der Waals surface area contributed by atoms with Gasteiger partial charge in [-0.05, 0) is 17.7 Å². The van der Waals surface area contributed by atoms with Gasteiger partial charge < -0.3 is 15.2 Å². The zero-order chi connectivity index (χ0) is 15.0. The molecule has 1 unspecified atom stereocenters. The Balaban J connectivity index is 2.02. The Bertz CT molecular complexity index is 674. The van der Waals surface area contributed by atoms with Crippen molar-refractivity contribution in [2.75, 3.05) is 13.2 Å². The molecule has 0 bridgehead atoms. The van der Waals surface area contributed by atoms with Crippen LogP contribution in [0.25, 0.3) is 0 Å². The van der Waals surface area contributed by atoms with Crippen molar-refractivity contribution in [3.63, 3.8) is 0 Å². The van der Waals surface area contributed by atoms with Crippen molar-refractivity contribution in [2.24, 2.45) is 5.73 Å². The Morgan fingerprint density at radius 3 is 2.29 bits per heavy atom. The van der Waals surface area contributed by atoms with Gasteiger partial charge in [-0.3, -0.25) is 0 Å². The molecule has 1 aromatic heterocycles. The van der Waals surface area contributed by atoms with Gasteiger partial charge in [0.05, 0.1) is 27.9 Å². The third-order valence-corrected chi connectivity index (χ3v) is 5.07. The van der Waals surface area contributed by atoms with E-state index < -0.39 is 6.04 Å². The average Bonchev–Trinajstić information content (AvgIpc) is 2.64. The van der Waals surface area contributed by atoms with E-state index >= 15 is 0 Å². The molecule has 21 heavy (non-hydrogen) atoms. The third kappa shape index (κ3) is 3.10. The predicted molar refractivity (Wildman–Crippen MR) is 87.4 cm³/mol. The van der Waals surface area contributed by atoms with Crippen LogP contribution < -0.4 is 15.2 Å². The van der Waals surface area contributed by atoms with Crippen LogP contribution in [0.2, 0.25) is 13.7 Å². The van der Waals surface area contributed by atoms with Crippen LogP contribution in [0.5, 0.6) is 11.5 Å². The van der Waals surface area contributed by atoms with Gasteiger partial charge in [-0.2, -0.15) is 0 Å². The maximum Gasteiger partial charge on any atom is 0.162 e. The topological polar surface area (TPSA) is 44.5 Å². The monoisotopic (exact) mass is 363 g/mol. The SMILES string of the molecule is NC(c1cc2c(cc1Cl)OCCCO2)c1cc(Cl)sc1Cl. The predicted octanol–water partition coefficient (Wildman–Crippen LogP) is 4.92. The molecule has 1 aliphatic rings. The molecule has 112 valence electrons. The molecule has 1 aliphatic heterocycles. The molecular weight excluding hydrogens is 353 g/mol. The Morgan fingerprint density at radius 2 is 1.67 bits per heavy atom. The number of thiophene rings is 1. The fourth-order valence-corrected chi connectivity index (χ4v) is 3.99. The fraction of sp³-hybridized carbons (Fsp3) is 0.286. The quantitative estimate of drug-likeness (QED) is 0.822. The van der Waals surface area contributed by atoms with E-state index in [1.165, 1.54) is 11.3 Å². The molecule has 0 saturated heterocycles. The first kappa shape index (κ1) is 15.3. The largest absolute Gasteiger partial charge is 0.490 e. The highest BCUT2D eigenvalue weighted by atomic mass is 35.5. The Kier molecular flexibility index (Phi) is 4.52. The minimum atomic E-state index is -0.467. The zero-order valence-electron chi connectivity index (χ0n) is 10.9. The van der Waals surface area contributed by atoms with Crippen LogP contribution in [0.1, 0.15) is 23.6 Å². The van der Waals surface area contributed by atoms with Crippen molar-refractivity contribution in [3.8, 4) is 11.5 Å². The summed E-state index contributed by atoms with van der Waals surface area (Å²) in [6.07, 6.45) is 0.833. The van der Waals surface area contributed by atoms with E-state index in [4.69, 9.17) is 50.0 Å². The number of ether oxygens (including phenoxy) is 2. The number of benzene rings is 1. The standard InChI is InChI=1S/C14H12Cl3NO2S/c15-9-6-11-10(19-2-1-3-20-11)4-7(9)13(18)8-5-12(16)21-14(8)17/h4-6,13H,1-3,18H2. The third-order valence-electron chi connectivity index (χ3n) is 3.22. The van der Waals surface area contributed by atoms with Crippen molar-refractivity contribution < 1.29 is 9.47 Å². The molecule has 0 fully saturated rings. The summed E-state index contributed by atoms with van der Waals surface area (Å²) in [5, 5.41) is 0.519. The molecule has 2 aromatic rings. The van der Waals surface area contributed by atoms with Crippen molar-refractivity contribution in [1.82, 2.24) is 0 Å². The van der Waals surface area contributed by atoms with Gasteiger partial charge in [0.15, 0.2) is 11.5 Å². The lowest BCUT2D eigenvalue weighted by atomic mass is 10.0. The van der Waals surface area contributed by atoms with Crippen LogP contribution in [0.15, 0.2) is 18.2 Å². The summed E-state index contributed by atoms with van der Waals surface area (Å²) in [6.45, 7) is 1.22. The van der Waals surface area contributed by atoms with Gasteiger partial charge in [0, 0.05) is 23.1 Å². The van der Waals surface area contributed by atoms with E-state index in [1.54, 1.807) is 12.1 Å². The van der Waals surface area contributed by atoms with E-state index in [9.17, 15) is 0 Å². The molecule has 0 spiro atoms. The zero-order valence-corrected chi connectivity index (χ0v) is 14.0. The molecule has 2 heterocycles. The molecule has 2 N–H and O–H groups in total. The number of hydrogen-bond acceptors (Lipinski definition) is 4. The number of hydrogen-bond donors (Lipinski definition) is 1. The van der Waals surface area contributed by atoms with Gasteiger partial charge in [0.2, 0.25) is 0 Å². The Morgan fingerprint density at radius 1 is 1.00 bits per heavy atom. The van der Waals surface area contributed by atoms with E-state index in [1.807, 2.05) is 6.07 Å². The summed E-state index contributed by atoms with van der Waals surface area (Å²) in [5.74, 6) is 1.29. The van der Waals surface area contributed by atoms with Crippen molar-refractivity contribution in [1.29, 1.82) is 0 Å². The van der Waals surface area contributed by atoms with Crippen molar-refractivity contribution in [2.45, 2.75) is 12.5 Å². The molecule has 3 rings (SSSR count). The van der Waals surface area contributed by atoms with Crippen molar-refractivity contribution >= 4 is 46.1 Å². The van der Waals surface area contributed by atoms with E-state index in [-0.39, 0.29) is 0 Å². The highest BCUT2D eigenvalue weighted by Gasteiger charge is 2.21. The second-order valence-corrected chi connectivity index (χ2v) is 7.32. The highest BCUT2D eigenvalue weighted by Crippen LogP contribution is 2.42. The van der Waals surface area contributed by atoms with Crippen molar-refractivity contribution in [3.05, 3.63) is 43.0 Å². The molecule has 7 heteroatoms. The highest BCUT2D eigenvalue weighted by molar-refractivity contribution is 7.20. The molecular formula is C14H12Cl3NO2S. The Hall–Kier alpha value is -0.650. The van der Waals surface area contributed by atoms with E-state index in [2.05, 4.69) is 0 Å². The van der Waals surface area contributed by atoms with Gasteiger partial charge in [0.25, 0.3) is 0 Å². The summed E-state index contributed by atoms with van der Waals surface area (Å²) in [6, 6.07) is 4.85. The maximum atomic E-state index is 6.33. The summed E-state index contributed by atoms with van der Waals surface area (Å²) in [5.41, 5.74) is 7.77. The molecule has 1 aromatic carbocycles. The van der Waals surface area contributed by atoms with E-state index in [0.29, 0.717) is 38.4 Å². The van der Waals surface area contributed by atoms with Crippen LogP contribution in [-0.4, -0.2) is 13.2 Å². The lowest BCUT2D eigenvalue weighted by Gasteiger charge is -2.16. The lowest BCUT2D eigenvalue weighted by molar-refractivity contribution is 0.297. The van der Waals surface area contributed by atoms with Crippen LogP contribution in [-0.2, 0) is 0 Å². The van der Waals surface area contributed by atoms with Crippen LogP contribution in [0.4, 0.5) is 0 Å². The van der Waals surface area contributed by atoms with Gasteiger partial charge in [-0.1, -0.05) is 34.8 Å². The minimum Gasteiger partial charge on any atom is -0.490 e. The number of halogens is 3. The fourth-order valence-electron chi connectivity index (χ4n) is 2.17. The average molecular weight is 365 g/mol. The Labute approximate surface area is 141 Å². The smallest absolute Gasteiger partial charge is 0.162 e. The first-order valence-electron chi connectivity index (χ1n) is 6.35. The van der Waals surface area contributed by atoms with Gasteiger partial charge >= 0.3 is 0 Å². The van der Waals surface area contributed by atoms with E-state index in [0.717, 1.165) is 17.5 Å². The number of nitrogens with two attached hydrogens (primary N) is 1. The first-order valence-corrected chi connectivity index (χ1v) is 8.30.